The largest absolute Gasteiger partial charge is 0.391 e. The molecule has 0 fully saturated rings. The van der Waals surface area contributed by atoms with Gasteiger partial charge in [-0.25, -0.2) is 8.78 Å². The second kappa shape index (κ2) is 4.48. The summed E-state index contributed by atoms with van der Waals surface area (Å²) in [5, 5.41) is 9.38. The third-order valence-electron chi connectivity index (χ3n) is 2.27. The molecule has 1 aromatic rings. The molecule has 0 aliphatic heterocycles. The highest BCUT2D eigenvalue weighted by Crippen LogP contribution is 2.22. The molecule has 0 amide bonds. The van der Waals surface area contributed by atoms with Crippen molar-refractivity contribution in [3.05, 3.63) is 35.4 Å². The molecular formula is C10H13F2NO. The van der Waals surface area contributed by atoms with E-state index in [1.54, 1.807) is 6.92 Å². The lowest BCUT2D eigenvalue weighted by molar-refractivity contribution is 0.155. The molecule has 2 nitrogen and oxygen atoms in total. The number of halogens is 2. The van der Waals surface area contributed by atoms with Gasteiger partial charge in [0.15, 0.2) is 0 Å². The summed E-state index contributed by atoms with van der Waals surface area (Å²) in [6.07, 6.45) is -0.855. The zero-order valence-corrected chi connectivity index (χ0v) is 7.87. The van der Waals surface area contributed by atoms with E-state index in [0.29, 0.717) is 0 Å². The molecule has 4 heteroatoms. The van der Waals surface area contributed by atoms with Gasteiger partial charge in [0, 0.05) is 12.5 Å². The highest BCUT2D eigenvalue weighted by atomic mass is 19.1. The monoisotopic (exact) mass is 201 g/mol. The summed E-state index contributed by atoms with van der Waals surface area (Å²) < 4.78 is 26.0. The van der Waals surface area contributed by atoms with Gasteiger partial charge in [-0.2, -0.15) is 0 Å². The lowest BCUT2D eigenvalue weighted by Gasteiger charge is -2.17. The highest BCUT2D eigenvalue weighted by molar-refractivity contribution is 5.23. The first kappa shape index (κ1) is 11.1. The minimum absolute atomic E-state index is 0.0249. The number of rotatable bonds is 3. The minimum Gasteiger partial charge on any atom is -0.391 e. The number of benzene rings is 1. The first-order valence-corrected chi connectivity index (χ1v) is 4.39. The van der Waals surface area contributed by atoms with Crippen molar-refractivity contribution in [1.29, 1.82) is 0 Å². The van der Waals surface area contributed by atoms with Crippen molar-refractivity contribution in [2.45, 2.75) is 18.9 Å². The topological polar surface area (TPSA) is 46.2 Å². The molecule has 0 bridgehead atoms. The molecule has 14 heavy (non-hydrogen) atoms. The SMILES string of the molecule is CC(c1cc(F)ccc1F)C(O)CN. The molecule has 2 unspecified atom stereocenters. The van der Waals surface area contributed by atoms with Gasteiger partial charge in [0.1, 0.15) is 11.6 Å². The molecular weight excluding hydrogens is 188 g/mol. The molecule has 78 valence electrons. The van der Waals surface area contributed by atoms with Crippen molar-refractivity contribution >= 4 is 0 Å². The molecule has 0 aliphatic carbocycles. The molecule has 3 N–H and O–H groups in total. The van der Waals surface area contributed by atoms with Crippen LogP contribution in [0, 0.1) is 11.6 Å². The van der Waals surface area contributed by atoms with Crippen LogP contribution >= 0.6 is 0 Å². The van der Waals surface area contributed by atoms with Crippen molar-refractivity contribution in [2.75, 3.05) is 6.54 Å². The van der Waals surface area contributed by atoms with Gasteiger partial charge < -0.3 is 10.8 Å². The Labute approximate surface area is 81.4 Å². The maximum Gasteiger partial charge on any atom is 0.126 e. The first-order valence-electron chi connectivity index (χ1n) is 4.39. The van der Waals surface area contributed by atoms with Gasteiger partial charge in [-0.05, 0) is 23.8 Å². The average Bonchev–Trinajstić information content (AvgIpc) is 2.19. The van der Waals surface area contributed by atoms with E-state index in [-0.39, 0.29) is 12.1 Å². The van der Waals surface area contributed by atoms with Crippen LogP contribution in [-0.4, -0.2) is 17.8 Å². The van der Waals surface area contributed by atoms with Crippen LogP contribution in [0.4, 0.5) is 8.78 Å². The highest BCUT2D eigenvalue weighted by Gasteiger charge is 2.18. The quantitative estimate of drug-likeness (QED) is 0.776. The molecule has 0 aromatic heterocycles. The molecule has 1 aromatic carbocycles. The molecule has 0 radical (unpaired) electrons. The van der Waals surface area contributed by atoms with E-state index >= 15 is 0 Å². The van der Waals surface area contributed by atoms with E-state index in [2.05, 4.69) is 0 Å². The molecule has 0 saturated heterocycles. The molecule has 1 rings (SSSR count). The van der Waals surface area contributed by atoms with Crippen LogP contribution in [0.25, 0.3) is 0 Å². The van der Waals surface area contributed by atoms with Gasteiger partial charge in [0.25, 0.3) is 0 Å². The zero-order chi connectivity index (χ0) is 10.7. The predicted octanol–water partition coefficient (Wildman–Crippen LogP) is 1.39. The summed E-state index contributed by atoms with van der Waals surface area (Å²) in [5.41, 5.74) is 5.39. The molecule has 0 spiro atoms. The van der Waals surface area contributed by atoms with E-state index in [0.717, 1.165) is 18.2 Å². The zero-order valence-electron chi connectivity index (χ0n) is 7.87. The molecule has 0 aliphatic rings. The van der Waals surface area contributed by atoms with Gasteiger partial charge in [-0.15, -0.1) is 0 Å². The molecule has 0 saturated carbocycles. The Morgan fingerprint density at radius 3 is 2.64 bits per heavy atom. The molecule has 0 heterocycles. The maximum absolute atomic E-state index is 13.2. The van der Waals surface area contributed by atoms with E-state index in [1.807, 2.05) is 0 Å². The third kappa shape index (κ3) is 2.27. The Bertz CT molecular complexity index is 317. The Morgan fingerprint density at radius 1 is 1.43 bits per heavy atom. The van der Waals surface area contributed by atoms with Crippen LogP contribution in [-0.2, 0) is 0 Å². The number of hydrogen-bond acceptors (Lipinski definition) is 2. The lowest BCUT2D eigenvalue weighted by Crippen LogP contribution is -2.26. The summed E-state index contributed by atoms with van der Waals surface area (Å²) in [7, 11) is 0. The normalized spacial score (nSPS) is 15.2. The minimum atomic E-state index is -0.855. The third-order valence-corrected chi connectivity index (χ3v) is 2.27. The van der Waals surface area contributed by atoms with Crippen molar-refractivity contribution in [3.8, 4) is 0 Å². The average molecular weight is 201 g/mol. The summed E-state index contributed by atoms with van der Waals surface area (Å²) in [4.78, 5) is 0. The summed E-state index contributed by atoms with van der Waals surface area (Å²) >= 11 is 0. The Morgan fingerprint density at radius 2 is 2.07 bits per heavy atom. The van der Waals surface area contributed by atoms with E-state index < -0.39 is 23.7 Å². The maximum atomic E-state index is 13.2. The van der Waals surface area contributed by atoms with Crippen molar-refractivity contribution in [3.63, 3.8) is 0 Å². The Balaban J connectivity index is 2.99. The van der Waals surface area contributed by atoms with Crippen molar-refractivity contribution in [2.24, 2.45) is 5.73 Å². The van der Waals surface area contributed by atoms with E-state index in [1.165, 1.54) is 0 Å². The van der Waals surface area contributed by atoms with Crippen molar-refractivity contribution < 1.29 is 13.9 Å². The van der Waals surface area contributed by atoms with Crippen LogP contribution in [0.5, 0.6) is 0 Å². The predicted molar refractivity (Wildman–Crippen MR) is 49.8 cm³/mol. The van der Waals surface area contributed by atoms with Gasteiger partial charge >= 0.3 is 0 Å². The van der Waals surface area contributed by atoms with Crippen LogP contribution in [0.15, 0.2) is 18.2 Å². The van der Waals surface area contributed by atoms with Crippen LogP contribution in [0.2, 0.25) is 0 Å². The van der Waals surface area contributed by atoms with Gasteiger partial charge in [-0.1, -0.05) is 6.92 Å². The fourth-order valence-corrected chi connectivity index (χ4v) is 1.27. The summed E-state index contributed by atoms with van der Waals surface area (Å²) in [5.74, 6) is -1.54. The van der Waals surface area contributed by atoms with E-state index in [4.69, 9.17) is 5.73 Å². The van der Waals surface area contributed by atoms with E-state index in [9.17, 15) is 13.9 Å². The van der Waals surface area contributed by atoms with Crippen LogP contribution < -0.4 is 5.73 Å². The number of nitrogens with two attached hydrogens (primary N) is 1. The Hall–Kier alpha value is -1.00. The lowest BCUT2D eigenvalue weighted by atomic mass is 9.95. The van der Waals surface area contributed by atoms with Gasteiger partial charge in [0.2, 0.25) is 0 Å². The number of aliphatic hydroxyl groups excluding tert-OH is 1. The molecule has 2 atom stereocenters. The first-order chi connectivity index (χ1) is 6.56. The number of hydrogen-bond donors (Lipinski definition) is 2. The van der Waals surface area contributed by atoms with Crippen molar-refractivity contribution in [1.82, 2.24) is 0 Å². The van der Waals surface area contributed by atoms with Gasteiger partial charge in [0.05, 0.1) is 6.10 Å². The standard InChI is InChI=1S/C10H13F2NO/c1-6(10(14)5-13)8-4-7(11)2-3-9(8)12/h2-4,6,10,14H,5,13H2,1H3. The summed E-state index contributed by atoms with van der Waals surface area (Å²) in [6, 6.07) is 3.17. The fourth-order valence-electron chi connectivity index (χ4n) is 1.27. The smallest absolute Gasteiger partial charge is 0.126 e. The fraction of sp³-hybridized carbons (Fsp3) is 0.400. The Kier molecular flexibility index (Phi) is 3.55. The number of aliphatic hydroxyl groups is 1. The summed E-state index contributed by atoms with van der Waals surface area (Å²) in [6.45, 7) is 1.63. The van der Waals surface area contributed by atoms with Gasteiger partial charge in [-0.3, -0.25) is 0 Å². The second-order valence-electron chi connectivity index (χ2n) is 3.26. The second-order valence-corrected chi connectivity index (χ2v) is 3.26. The van der Waals surface area contributed by atoms with Crippen LogP contribution in [0.3, 0.4) is 0 Å². The van der Waals surface area contributed by atoms with Crippen LogP contribution in [0.1, 0.15) is 18.4 Å².